The topological polar surface area (TPSA) is 62.2 Å². The van der Waals surface area contributed by atoms with Crippen LogP contribution >= 0.6 is 23.4 Å². The molecule has 0 amide bonds. The fourth-order valence-electron chi connectivity index (χ4n) is 1.33. The van der Waals surface area contributed by atoms with Crippen LogP contribution in [0.2, 0.25) is 5.15 Å². The summed E-state index contributed by atoms with van der Waals surface area (Å²) in [6.45, 7) is 2.86. The zero-order valence-electron chi connectivity index (χ0n) is 9.74. The van der Waals surface area contributed by atoms with E-state index in [1.807, 2.05) is 0 Å². The van der Waals surface area contributed by atoms with Crippen molar-refractivity contribution in [2.75, 3.05) is 23.9 Å². The molecule has 0 aromatic carbocycles. The number of carboxylic acids is 1. The van der Waals surface area contributed by atoms with Crippen molar-refractivity contribution in [1.82, 2.24) is 4.98 Å². The van der Waals surface area contributed by atoms with E-state index >= 15 is 0 Å². The van der Waals surface area contributed by atoms with Crippen molar-refractivity contribution in [3.63, 3.8) is 0 Å². The first-order valence-corrected chi connectivity index (χ1v) is 6.93. The van der Waals surface area contributed by atoms with Crippen LogP contribution in [-0.4, -0.2) is 34.6 Å². The highest BCUT2D eigenvalue weighted by Crippen LogP contribution is 2.15. The number of hydrogen-bond acceptors (Lipinski definition) is 4. The van der Waals surface area contributed by atoms with Crippen LogP contribution in [0.5, 0.6) is 0 Å². The monoisotopic (exact) mass is 274 g/mol. The van der Waals surface area contributed by atoms with E-state index in [0.717, 1.165) is 12.3 Å². The van der Waals surface area contributed by atoms with Gasteiger partial charge in [-0.1, -0.05) is 18.5 Å². The van der Waals surface area contributed by atoms with E-state index in [9.17, 15) is 4.79 Å². The highest BCUT2D eigenvalue weighted by atomic mass is 35.5. The van der Waals surface area contributed by atoms with Crippen LogP contribution in [0.1, 0.15) is 17.3 Å². The molecule has 1 aromatic heterocycles. The molecule has 94 valence electrons. The first-order valence-electron chi connectivity index (χ1n) is 5.16. The van der Waals surface area contributed by atoms with Crippen molar-refractivity contribution < 1.29 is 9.90 Å². The lowest BCUT2D eigenvalue weighted by molar-refractivity contribution is 0.0697. The summed E-state index contributed by atoms with van der Waals surface area (Å²) in [5.41, 5.74) is 0.144. The summed E-state index contributed by atoms with van der Waals surface area (Å²) in [6.07, 6.45) is 2.05. The van der Waals surface area contributed by atoms with Gasteiger partial charge >= 0.3 is 5.97 Å². The number of halogens is 1. The minimum atomic E-state index is -1.01. The summed E-state index contributed by atoms with van der Waals surface area (Å²) in [5, 5.41) is 12.2. The molecule has 0 radical (unpaired) electrons. The van der Waals surface area contributed by atoms with Crippen LogP contribution in [0.3, 0.4) is 0 Å². The molecule has 1 rings (SSSR count). The van der Waals surface area contributed by atoms with Crippen LogP contribution in [0, 0.1) is 5.92 Å². The Morgan fingerprint density at radius 3 is 2.94 bits per heavy atom. The van der Waals surface area contributed by atoms with E-state index in [2.05, 4.69) is 23.5 Å². The maximum absolute atomic E-state index is 10.8. The molecular formula is C11H15ClN2O2S. The van der Waals surface area contributed by atoms with Crippen LogP contribution < -0.4 is 5.32 Å². The Morgan fingerprint density at radius 2 is 2.35 bits per heavy atom. The van der Waals surface area contributed by atoms with Crippen molar-refractivity contribution in [3.05, 3.63) is 22.8 Å². The molecule has 1 unspecified atom stereocenters. The minimum absolute atomic E-state index is 0.144. The standard InChI is InChI=1S/C11H15ClN2O2S/c1-7(6-17-2)5-13-10-4-8(11(15)16)3-9(12)14-10/h3-4,7H,5-6H2,1-2H3,(H,13,14)(H,15,16). The Bertz CT molecular complexity index is 401. The molecule has 1 heterocycles. The third kappa shape index (κ3) is 4.83. The van der Waals surface area contributed by atoms with Gasteiger partial charge in [0.25, 0.3) is 0 Å². The van der Waals surface area contributed by atoms with Gasteiger partial charge in [-0.3, -0.25) is 0 Å². The van der Waals surface area contributed by atoms with E-state index in [4.69, 9.17) is 16.7 Å². The number of rotatable bonds is 6. The summed E-state index contributed by atoms with van der Waals surface area (Å²) >= 11 is 7.53. The molecule has 0 aliphatic carbocycles. The molecule has 17 heavy (non-hydrogen) atoms. The zero-order valence-corrected chi connectivity index (χ0v) is 11.3. The van der Waals surface area contributed by atoms with Gasteiger partial charge in [0, 0.05) is 6.54 Å². The predicted molar refractivity (Wildman–Crippen MR) is 72.2 cm³/mol. The van der Waals surface area contributed by atoms with E-state index in [1.54, 1.807) is 11.8 Å². The first-order chi connectivity index (χ1) is 8.02. The fraction of sp³-hybridized carbons (Fsp3) is 0.455. The van der Waals surface area contributed by atoms with Crippen molar-refractivity contribution in [1.29, 1.82) is 0 Å². The molecule has 0 fully saturated rings. The lowest BCUT2D eigenvalue weighted by Gasteiger charge is -2.12. The molecule has 0 saturated carbocycles. The quantitative estimate of drug-likeness (QED) is 0.781. The number of nitrogens with zero attached hydrogens (tertiary/aromatic N) is 1. The summed E-state index contributed by atoms with van der Waals surface area (Å²) in [5.74, 6) is 1.02. The number of aromatic carboxylic acids is 1. The maximum Gasteiger partial charge on any atom is 0.335 e. The Labute approximate surface area is 110 Å². The van der Waals surface area contributed by atoms with Crippen LogP contribution in [0.25, 0.3) is 0 Å². The second-order valence-electron chi connectivity index (χ2n) is 3.81. The van der Waals surface area contributed by atoms with Gasteiger partial charge < -0.3 is 10.4 Å². The summed E-state index contributed by atoms with van der Waals surface area (Å²) in [4.78, 5) is 14.9. The number of anilines is 1. The van der Waals surface area contributed by atoms with Crippen molar-refractivity contribution >= 4 is 35.1 Å². The van der Waals surface area contributed by atoms with Gasteiger partial charge in [0.05, 0.1) is 5.56 Å². The molecule has 0 spiro atoms. The molecule has 0 aliphatic rings. The molecule has 0 saturated heterocycles. The number of pyridine rings is 1. The lowest BCUT2D eigenvalue weighted by Crippen LogP contribution is -2.14. The molecule has 1 atom stereocenters. The van der Waals surface area contributed by atoms with Gasteiger partial charge in [-0.2, -0.15) is 11.8 Å². The van der Waals surface area contributed by atoms with E-state index in [-0.39, 0.29) is 10.7 Å². The molecule has 0 aliphatic heterocycles. The molecule has 1 aromatic rings. The molecule has 6 heteroatoms. The van der Waals surface area contributed by atoms with Gasteiger partial charge in [0.15, 0.2) is 0 Å². The third-order valence-electron chi connectivity index (χ3n) is 2.12. The third-order valence-corrected chi connectivity index (χ3v) is 3.22. The molecule has 2 N–H and O–H groups in total. The van der Waals surface area contributed by atoms with Crippen molar-refractivity contribution in [2.45, 2.75) is 6.92 Å². The van der Waals surface area contributed by atoms with Gasteiger partial charge in [0.2, 0.25) is 0 Å². The number of aromatic nitrogens is 1. The average molecular weight is 275 g/mol. The number of carbonyl (C=O) groups is 1. The predicted octanol–water partition coefficient (Wildman–Crippen LogP) is 2.84. The lowest BCUT2D eigenvalue weighted by atomic mass is 10.2. The van der Waals surface area contributed by atoms with E-state index in [0.29, 0.717) is 11.7 Å². The molecule has 4 nitrogen and oxygen atoms in total. The fourth-order valence-corrected chi connectivity index (χ4v) is 2.23. The SMILES string of the molecule is CSCC(C)CNc1cc(C(=O)O)cc(Cl)n1. The van der Waals surface area contributed by atoms with Crippen LogP contribution in [0.4, 0.5) is 5.82 Å². The highest BCUT2D eigenvalue weighted by Gasteiger charge is 2.08. The average Bonchev–Trinajstić information content (AvgIpc) is 2.26. The largest absolute Gasteiger partial charge is 0.478 e. The zero-order chi connectivity index (χ0) is 12.8. The van der Waals surface area contributed by atoms with Crippen molar-refractivity contribution in [3.8, 4) is 0 Å². The maximum atomic E-state index is 10.8. The van der Waals surface area contributed by atoms with Gasteiger partial charge in [0.1, 0.15) is 11.0 Å². The van der Waals surface area contributed by atoms with E-state index < -0.39 is 5.97 Å². The molecule has 0 bridgehead atoms. The first kappa shape index (κ1) is 14.1. The Balaban J connectivity index is 2.68. The Morgan fingerprint density at radius 1 is 1.65 bits per heavy atom. The number of hydrogen-bond donors (Lipinski definition) is 2. The second kappa shape index (κ2) is 6.71. The smallest absolute Gasteiger partial charge is 0.335 e. The minimum Gasteiger partial charge on any atom is -0.478 e. The van der Waals surface area contributed by atoms with Crippen molar-refractivity contribution in [2.24, 2.45) is 5.92 Å². The Hall–Kier alpha value is -0.940. The summed E-state index contributed by atoms with van der Waals surface area (Å²) in [6, 6.07) is 2.82. The Kier molecular flexibility index (Phi) is 5.58. The summed E-state index contributed by atoms with van der Waals surface area (Å²) in [7, 11) is 0. The van der Waals surface area contributed by atoms with Crippen LogP contribution in [0.15, 0.2) is 12.1 Å². The van der Waals surface area contributed by atoms with Gasteiger partial charge in [-0.25, -0.2) is 9.78 Å². The van der Waals surface area contributed by atoms with Gasteiger partial charge in [-0.05, 0) is 30.1 Å². The summed E-state index contributed by atoms with van der Waals surface area (Å²) < 4.78 is 0. The second-order valence-corrected chi connectivity index (χ2v) is 5.11. The number of nitrogens with one attached hydrogen (secondary N) is 1. The van der Waals surface area contributed by atoms with E-state index in [1.165, 1.54) is 12.1 Å². The normalized spacial score (nSPS) is 12.2. The number of thioether (sulfide) groups is 1. The number of carboxylic acid groups (broad SMARTS) is 1. The highest BCUT2D eigenvalue weighted by molar-refractivity contribution is 7.98. The van der Waals surface area contributed by atoms with Gasteiger partial charge in [-0.15, -0.1) is 0 Å². The van der Waals surface area contributed by atoms with Crippen LogP contribution in [-0.2, 0) is 0 Å². The molecular weight excluding hydrogens is 260 g/mol.